The molecule has 2 fully saturated rings. The number of amides is 1. The molecule has 2 aliphatic heterocycles. The first-order valence-corrected chi connectivity index (χ1v) is 6.83. The van der Waals surface area contributed by atoms with Crippen LogP contribution in [0.1, 0.15) is 45.4 Å². The molecule has 2 atom stereocenters. The zero-order valence-corrected chi connectivity index (χ0v) is 10.4. The Balaban J connectivity index is 1.87. The van der Waals surface area contributed by atoms with Crippen molar-refractivity contribution in [2.75, 3.05) is 19.6 Å². The minimum absolute atomic E-state index is 0.115. The van der Waals surface area contributed by atoms with Crippen molar-refractivity contribution in [3.8, 4) is 0 Å². The van der Waals surface area contributed by atoms with E-state index in [2.05, 4.69) is 17.1 Å². The molecule has 1 N–H and O–H groups in total. The lowest BCUT2D eigenvalue weighted by Gasteiger charge is -2.35. The normalized spacial score (nSPS) is 31.4. The lowest BCUT2D eigenvalue weighted by molar-refractivity contribution is -0.135. The fourth-order valence-corrected chi connectivity index (χ4v) is 2.88. The third-order valence-electron chi connectivity index (χ3n) is 4.02. The van der Waals surface area contributed by atoms with Gasteiger partial charge in [-0.2, -0.15) is 0 Å². The van der Waals surface area contributed by atoms with Gasteiger partial charge < -0.3 is 10.2 Å². The minimum atomic E-state index is 0.115. The highest BCUT2D eigenvalue weighted by Crippen LogP contribution is 2.21. The summed E-state index contributed by atoms with van der Waals surface area (Å²) in [6.45, 7) is 5.22. The van der Waals surface area contributed by atoms with Gasteiger partial charge in [0, 0.05) is 13.1 Å². The average molecular weight is 224 g/mol. The molecule has 3 heteroatoms. The Morgan fingerprint density at radius 1 is 1.31 bits per heavy atom. The van der Waals surface area contributed by atoms with Gasteiger partial charge in [0.05, 0.1) is 6.04 Å². The molecule has 0 saturated carbocycles. The van der Waals surface area contributed by atoms with Gasteiger partial charge in [-0.1, -0.05) is 19.8 Å². The first-order chi connectivity index (χ1) is 7.81. The first kappa shape index (κ1) is 11.9. The van der Waals surface area contributed by atoms with Gasteiger partial charge in [0.25, 0.3) is 0 Å². The summed E-state index contributed by atoms with van der Waals surface area (Å²) in [6.07, 6.45) is 7.17. The van der Waals surface area contributed by atoms with Gasteiger partial charge in [0.2, 0.25) is 5.91 Å². The predicted molar refractivity (Wildman–Crippen MR) is 65.2 cm³/mol. The number of hydrogen-bond acceptors (Lipinski definition) is 2. The molecule has 0 aliphatic carbocycles. The molecule has 1 amide bonds. The van der Waals surface area contributed by atoms with Crippen molar-refractivity contribution in [2.24, 2.45) is 5.92 Å². The second-order valence-corrected chi connectivity index (χ2v) is 5.20. The summed E-state index contributed by atoms with van der Waals surface area (Å²) in [5.41, 5.74) is 0. The van der Waals surface area contributed by atoms with Crippen LogP contribution >= 0.6 is 0 Å². The Hall–Kier alpha value is -0.570. The Morgan fingerprint density at radius 2 is 2.19 bits per heavy atom. The van der Waals surface area contributed by atoms with Gasteiger partial charge in [0.1, 0.15) is 0 Å². The topological polar surface area (TPSA) is 32.3 Å². The van der Waals surface area contributed by atoms with E-state index in [0.29, 0.717) is 5.91 Å². The van der Waals surface area contributed by atoms with Crippen LogP contribution in [0.25, 0.3) is 0 Å². The van der Waals surface area contributed by atoms with Crippen molar-refractivity contribution in [3.63, 3.8) is 0 Å². The molecular formula is C13H24N2O. The van der Waals surface area contributed by atoms with Crippen molar-refractivity contribution in [2.45, 2.75) is 51.5 Å². The van der Waals surface area contributed by atoms with E-state index in [0.717, 1.165) is 32.0 Å². The number of piperidine rings is 2. The quantitative estimate of drug-likeness (QED) is 0.775. The van der Waals surface area contributed by atoms with Crippen LogP contribution in [0.4, 0.5) is 0 Å². The molecule has 0 aromatic heterocycles. The maximum atomic E-state index is 12.3. The number of carbonyl (C=O) groups excluding carboxylic acids is 1. The smallest absolute Gasteiger partial charge is 0.239 e. The van der Waals surface area contributed by atoms with Crippen LogP contribution in [-0.4, -0.2) is 36.5 Å². The monoisotopic (exact) mass is 224 g/mol. The highest BCUT2D eigenvalue weighted by atomic mass is 16.2. The summed E-state index contributed by atoms with van der Waals surface area (Å²) in [4.78, 5) is 14.4. The number of nitrogens with one attached hydrogen (secondary N) is 1. The largest absolute Gasteiger partial charge is 0.341 e. The standard InChI is InChI=1S/C13H24N2O/c1-2-11-6-5-9-15(10-11)13(16)12-7-3-4-8-14-12/h11-12,14H,2-10H2,1H3. The summed E-state index contributed by atoms with van der Waals surface area (Å²) in [5, 5.41) is 3.36. The van der Waals surface area contributed by atoms with E-state index in [1.807, 2.05) is 0 Å². The Kier molecular flexibility index (Phi) is 4.22. The maximum Gasteiger partial charge on any atom is 0.239 e. The number of hydrogen-bond donors (Lipinski definition) is 1. The van der Waals surface area contributed by atoms with E-state index >= 15 is 0 Å². The maximum absolute atomic E-state index is 12.3. The molecule has 0 spiro atoms. The Morgan fingerprint density at radius 3 is 2.88 bits per heavy atom. The number of rotatable bonds is 2. The molecule has 0 aromatic carbocycles. The first-order valence-electron chi connectivity index (χ1n) is 6.83. The van der Waals surface area contributed by atoms with Gasteiger partial charge in [-0.3, -0.25) is 4.79 Å². The van der Waals surface area contributed by atoms with E-state index < -0.39 is 0 Å². The Bertz CT molecular complexity index is 236. The van der Waals surface area contributed by atoms with Crippen LogP contribution in [0.5, 0.6) is 0 Å². The molecule has 92 valence electrons. The number of likely N-dealkylation sites (tertiary alicyclic amines) is 1. The molecule has 0 radical (unpaired) electrons. The van der Waals surface area contributed by atoms with E-state index in [1.165, 1.54) is 32.1 Å². The highest BCUT2D eigenvalue weighted by molar-refractivity contribution is 5.82. The second-order valence-electron chi connectivity index (χ2n) is 5.20. The van der Waals surface area contributed by atoms with Crippen molar-refractivity contribution >= 4 is 5.91 Å². The molecule has 2 saturated heterocycles. The predicted octanol–water partition coefficient (Wildman–Crippen LogP) is 1.78. The second kappa shape index (κ2) is 5.67. The van der Waals surface area contributed by atoms with E-state index in [9.17, 15) is 4.79 Å². The molecule has 2 unspecified atom stereocenters. The number of nitrogens with zero attached hydrogens (tertiary/aromatic N) is 1. The minimum Gasteiger partial charge on any atom is -0.341 e. The van der Waals surface area contributed by atoms with Gasteiger partial charge in [0.15, 0.2) is 0 Å². The van der Waals surface area contributed by atoms with Crippen LogP contribution in [-0.2, 0) is 4.79 Å². The van der Waals surface area contributed by atoms with Gasteiger partial charge in [-0.05, 0) is 38.1 Å². The lowest BCUT2D eigenvalue weighted by atomic mass is 9.94. The van der Waals surface area contributed by atoms with E-state index in [1.54, 1.807) is 0 Å². The van der Waals surface area contributed by atoms with Crippen LogP contribution in [0.2, 0.25) is 0 Å². The molecule has 2 aliphatic rings. The summed E-state index contributed by atoms with van der Waals surface area (Å²) in [5.74, 6) is 1.10. The van der Waals surface area contributed by atoms with Crippen molar-refractivity contribution in [1.29, 1.82) is 0 Å². The molecule has 2 heterocycles. The fourth-order valence-electron chi connectivity index (χ4n) is 2.88. The molecule has 2 rings (SSSR count). The van der Waals surface area contributed by atoms with Crippen molar-refractivity contribution in [3.05, 3.63) is 0 Å². The molecule has 3 nitrogen and oxygen atoms in total. The van der Waals surface area contributed by atoms with E-state index in [-0.39, 0.29) is 6.04 Å². The average Bonchev–Trinajstić information content (AvgIpc) is 2.39. The molecule has 0 bridgehead atoms. The van der Waals surface area contributed by atoms with Crippen molar-refractivity contribution < 1.29 is 4.79 Å². The van der Waals surface area contributed by atoms with Crippen molar-refractivity contribution in [1.82, 2.24) is 10.2 Å². The van der Waals surface area contributed by atoms with Crippen LogP contribution in [0.15, 0.2) is 0 Å². The Labute approximate surface area is 98.6 Å². The van der Waals surface area contributed by atoms with Gasteiger partial charge in [-0.25, -0.2) is 0 Å². The molecular weight excluding hydrogens is 200 g/mol. The third kappa shape index (κ3) is 2.76. The molecule has 16 heavy (non-hydrogen) atoms. The van der Waals surface area contributed by atoms with Crippen LogP contribution in [0.3, 0.4) is 0 Å². The summed E-state index contributed by atoms with van der Waals surface area (Å²) in [7, 11) is 0. The van der Waals surface area contributed by atoms with Crippen LogP contribution in [0, 0.1) is 5.92 Å². The zero-order chi connectivity index (χ0) is 11.4. The van der Waals surface area contributed by atoms with Gasteiger partial charge >= 0.3 is 0 Å². The lowest BCUT2D eigenvalue weighted by Crippen LogP contribution is -2.51. The summed E-state index contributed by atoms with van der Waals surface area (Å²) in [6, 6.07) is 0.115. The van der Waals surface area contributed by atoms with Gasteiger partial charge in [-0.15, -0.1) is 0 Å². The molecule has 0 aromatic rings. The third-order valence-corrected chi connectivity index (χ3v) is 4.02. The zero-order valence-electron chi connectivity index (χ0n) is 10.4. The fraction of sp³-hybridized carbons (Fsp3) is 0.923. The highest BCUT2D eigenvalue weighted by Gasteiger charge is 2.28. The number of carbonyl (C=O) groups is 1. The van der Waals surface area contributed by atoms with E-state index in [4.69, 9.17) is 0 Å². The summed E-state index contributed by atoms with van der Waals surface area (Å²) >= 11 is 0. The van der Waals surface area contributed by atoms with Crippen LogP contribution < -0.4 is 5.32 Å². The summed E-state index contributed by atoms with van der Waals surface area (Å²) < 4.78 is 0. The SMILES string of the molecule is CCC1CCCN(C(=O)C2CCCCN2)C1.